The Labute approximate surface area is 140 Å². The number of aryl methyl sites for hydroxylation is 2. The molecule has 5 heteroatoms. The first-order valence-electron chi connectivity index (χ1n) is 7.96. The highest BCUT2D eigenvalue weighted by Gasteiger charge is 2.29. The number of para-hydroxylation sites is 1. The highest BCUT2D eigenvalue weighted by Crippen LogP contribution is 2.23. The molecule has 0 radical (unpaired) electrons. The van der Waals surface area contributed by atoms with Crippen LogP contribution in [0, 0.1) is 12.7 Å². The minimum absolute atomic E-state index is 0.242. The largest absolute Gasteiger partial charge is 0.382 e. The molecule has 1 aliphatic rings. The van der Waals surface area contributed by atoms with Crippen LogP contribution in [0.3, 0.4) is 0 Å². The summed E-state index contributed by atoms with van der Waals surface area (Å²) < 4.78 is 13.3. The summed E-state index contributed by atoms with van der Waals surface area (Å²) in [6.45, 7) is 4.00. The average molecular weight is 326 g/mol. The third-order valence-electron chi connectivity index (χ3n) is 4.11. The number of oxime groups is 1. The SMILES string of the molecule is CCc1cccc(C)c1NC(=O)C1CC(c2cccc(F)c2)=NO1. The van der Waals surface area contributed by atoms with Crippen LogP contribution >= 0.6 is 0 Å². The number of benzene rings is 2. The van der Waals surface area contributed by atoms with Gasteiger partial charge in [-0.3, -0.25) is 4.79 Å². The molecule has 124 valence electrons. The van der Waals surface area contributed by atoms with Crippen molar-refractivity contribution in [2.45, 2.75) is 32.8 Å². The predicted molar refractivity (Wildman–Crippen MR) is 91.6 cm³/mol. The molecule has 0 aromatic heterocycles. The zero-order valence-corrected chi connectivity index (χ0v) is 13.7. The van der Waals surface area contributed by atoms with Crippen LogP contribution in [-0.4, -0.2) is 17.7 Å². The molecule has 0 bridgehead atoms. The summed E-state index contributed by atoms with van der Waals surface area (Å²) in [5.41, 5.74) is 4.12. The summed E-state index contributed by atoms with van der Waals surface area (Å²) in [4.78, 5) is 17.8. The lowest BCUT2D eigenvalue weighted by atomic mass is 10.0. The Hall–Kier alpha value is -2.69. The highest BCUT2D eigenvalue weighted by molar-refractivity contribution is 6.06. The molecule has 1 amide bonds. The zero-order valence-electron chi connectivity index (χ0n) is 13.7. The third-order valence-corrected chi connectivity index (χ3v) is 4.11. The Morgan fingerprint density at radius 1 is 1.33 bits per heavy atom. The van der Waals surface area contributed by atoms with Crippen LogP contribution < -0.4 is 5.32 Å². The highest BCUT2D eigenvalue weighted by atomic mass is 19.1. The molecule has 1 N–H and O–H groups in total. The van der Waals surface area contributed by atoms with Gasteiger partial charge in [0.1, 0.15) is 5.82 Å². The average Bonchev–Trinajstić information content (AvgIpc) is 3.07. The Bertz CT molecular complexity index is 802. The van der Waals surface area contributed by atoms with Crippen LogP contribution in [0.4, 0.5) is 10.1 Å². The van der Waals surface area contributed by atoms with Crippen molar-refractivity contribution in [1.82, 2.24) is 0 Å². The Balaban J connectivity index is 1.70. The van der Waals surface area contributed by atoms with E-state index in [-0.39, 0.29) is 11.7 Å². The minimum Gasteiger partial charge on any atom is -0.382 e. The zero-order chi connectivity index (χ0) is 17.1. The first-order chi connectivity index (χ1) is 11.6. The van der Waals surface area contributed by atoms with E-state index in [4.69, 9.17) is 4.84 Å². The van der Waals surface area contributed by atoms with Crippen molar-refractivity contribution < 1.29 is 14.0 Å². The van der Waals surface area contributed by atoms with E-state index in [1.165, 1.54) is 12.1 Å². The molecule has 1 aliphatic heterocycles. The maximum Gasteiger partial charge on any atom is 0.268 e. The van der Waals surface area contributed by atoms with Gasteiger partial charge in [-0.1, -0.05) is 42.4 Å². The van der Waals surface area contributed by atoms with Gasteiger partial charge in [0.15, 0.2) is 0 Å². The van der Waals surface area contributed by atoms with E-state index in [2.05, 4.69) is 10.5 Å². The summed E-state index contributed by atoms with van der Waals surface area (Å²) in [5, 5.41) is 6.89. The summed E-state index contributed by atoms with van der Waals surface area (Å²) >= 11 is 0. The van der Waals surface area contributed by atoms with Gasteiger partial charge in [-0.15, -0.1) is 0 Å². The fraction of sp³-hybridized carbons (Fsp3) is 0.263. The summed E-state index contributed by atoms with van der Waals surface area (Å²) in [7, 11) is 0. The standard InChI is InChI=1S/C19H19FN2O2/c1-3-13-7-4-6-12(2)18(13)21-19(23)17-11-16(22-24-17)14-8-5-9-15(20)10-14/h4-10,17H,3,11H2,1-2H3,(H,21,23). The number of carbonyl (C=O) groups is 1. The molecule has 1 unspecified atom stereocenters. The second kappa shape index (κ2) is 6.83. The molecule has 0 spiro atoms. The number of hydrogen-bond acceptors (Lipinski definition) is 3. The number of anilines is 1. The monoisotopic (exact) mass is 326 g/mol. The number of nitrogens with one attached hydrogen (secondary N) is 1. The van der Waals surface area contributed by atoms with Crippen molar-refractivity contribution >= 4 is 17.3 Å². The van der Waals surface area contributed by atoms with Gasteiger partial charge in [0, 0.05) is 17.7 Å². The fourth-order valence-corrected chi connectivity index (χ4v) is 2.76. The third kappa shape index (κ3) is 3.30. The lowest BCUT2D eigenvalue weighted by Gasteiger charge is -2.15. The van der Waals surface area contributed by atoms with E-state index in [9.17, 15) is 9.18 Å². The van der Waals surface area contributed by atoms with E-state index in [0.717, 1.165) is 23.2 Å². The Morgan fingerprint density at radius 3 is 2.88 bits per heavy atom. The van der Waals surface area contributed by atoms with E-state index < -0.39 is 6.10 Å². The lowest BCUT2D eigenvalue weighted by molar-refractivity contribution is -0.125. The molecule has 0 saturated heterocycles. The van der Waals surface area contributed by atoms with E-state index in [1.54, 1.807) is 12.1 Å². The van der Waals surface area contributed by atoms with Gasteiger partial charge >= 0.3 is 0 Å². The fourth-order valence-electron chi connectivity index (χ4n) is 2.76. The molecule has 3 rings (SSSR count). The molecule has 1 heterocycles. The first kappa shape index (κ1) is 16.2. The summed E-state index contributed by atoms with van der Waals surface area (Å²) in [6.07, 6.45) is 0.448. The maximum absolute atomic E-state index is 13.3. The smallest absolute Gasteiger partial charge is 0.268 e. The number of hydrogen-bond donors (Lipinski definition) is 1. The van der Waals surface area contributed by atoms with Crippen LogP contribution in [-0.2, 0) is 16.1 Å². The molecule has 1 atom stereocenters. The second-order valence-corrected chi connectivity index (χ2v) is 5.80. The maximum atomic E-state index is 13.3. The second-order valence-electron chi connectivity index (χ2n) is 5.80. The lowest BCUT2D eigenvalue weighted by Crippen LogP contribution is -2.28. The van der Waals surface area contributed by atoms with Gasteiger partial charge < -0.3 is 10.2 Å². The Kier molecular flexibility index (Phi) is 4.60. The van der Waals surface area contributed by atoms with Crippen molar-refractivity contribution in [1.29, 1.82) is 0 Å². The number of amides is 1. The molecule has 0 fully saturated rings. The molecule has 2 aromatic rings. The topological polar surface area (TPSA) is 50.7 Å². The van der Waals surface area contributed by atoms with E-state index in [1.807, 2.05) is 32.0 Å². The normalized spacial score (nSPS) is 16.5. The number of halogens is 1. The van der Waals surface area contributed by atoms with Gasteiger partial charge in [0.05, 0.1) is 5.71 Å². The minimum atomic E-state index is -0.701. The Morgan fingerprint density at radius 2 is 2.12 bits per heavy atom. The van der Waals surface area contributed by atoms with Gasteiger partial charge in [-0.25, -0.2) is 4.39 Å². The number of rotatable bonds is 4. The van der Waals surface area contributed by atoms with Gasteiger partial charge in [-0.05, 0) is 36.6 Å². The molecular weight excluding hydrogens is 307 g/mol. The van der Waals surface area contributed by atoms with Crippen molar-refractivity contribution in [3.8, 4) is 0 Å². The first-order valence-corrected chi connectivity index (χ1v) is 7.96. The van der Waals surface area contributed by atoms with E-state index >= 15 is 0 Å². The van der Waals surface area contributed by atoms with Gasteiger partial charge in [-0.2, -0.15) is 0 Å². The molecule has 0 saturated carbocycles. The quantitative estimate of drug-likeness (QED) is 0.928. The summed E-state index contributed by atoms with van der Waals surface area (Å²) in [6, 6.07) is 12.0. The van der Waals surface area contributed by atoms with Crippen molar-refractivity contribution in [2.24, 2.45) is 5.16 Å². The number of carbonyl (C=O) groups excluding carboxylic acids is 1. The van der Waals surface area contributed by atoms with Crippen LogP contribution in [0.1, 0.15) is 30.0 Å². The van der Waals surface area contributed by atoms with Crippen LogP contribution in [0.5, 0.6) is 0 Å². The molecule has 4 nitrogen and oxygen atoms in total. The molecule has 24 heavy (non-hydrogen) atoms. The van der Waals surface area contributed by atoms with Gasteiger partial charge in [0.25, 0.3) is 5.91 Å². The van der Waals surface area contributed by atoms with Crippen LogP contribution in [0.15, 0.2) is 47.6 Å². The van der Waals surface area contributed by atoms with Crippen molar-refractivity contribution in [3.63, 3.8) is 0 Å². The van der Waals surface area contributed by atoms with Crippen molar-refractivity contribution in [2.75, 3.05) is 5.32 Å². The predicted octanol–water partition coefficient (Wildman–Crippen LogP) is 3.83. The van der Waals surface area contributed by atoms with E-state index in [0.29, 0.717) is 17.7 Å². The van der Waals surface area contributed by atoms with Gasteiger partial charge in [0.2, 0.25) is 6.10 Å². The molecule has 0 aliphatic carbocycles. The van der Waals surface area contributed by atoms with Crippen LogP contribution in [0.25, 0.3) is 0 Å². The number of nitrogens with zero attached hydrogens (tertiary/aromatic N) is 1. The van der Waals surface area contributed by atoms with Crippen molar-refractivity contribution in [3.05, 3.63) is 65.0 Å². The van der Waals surface area contributed by atoms with Crippen LogP contribution in [0.2, 0.25) is 0 Å². The molecule has 2 aromatic carbocycles. The molecular formula is C19H19FN2O2. The summed E-state index contributed by atoms with van der Waals surface area (Å²) in [5.74, 6) is -0.579.